The van der Waals surface area contributed by atoms with Gasteiger partial charge < -0.3 is 5.11 Å². The Morgan fingerprint density at radius 3 is 3.00 bits per heavy atom. The summed E-state index contributed by atoms with van der Waals surface area (Å²) in [6, 6.07) is 10.2. The summed E-state index contributed by atoms with van der Waals surface area (Å²) in [7, 11) is 0. The molecule has 1 aromatic carbocycles. The van der Waals surface area contributed by atoms with Crippen LogP contribution in [-0.4, -0.2) is 10.1 Å². The molecule has 1 heterocycles. The van der Waals surface area contributed by atoms with E-state index in [1.807, 2.05) is 24.4 Å². The highest BCUT2D eigenvalue weighted by Crippen LogP contribution is 2.45. The summed E-state index contributed by atoms with van der Waals surface area (Å²) >= 11 is 0. The van der Waals surface area contributed by atoms with Crippen molar-refractivity contribution in [3.63, 3.8) is 0 Å². The van der Waals surface area contributed by atoms with Crippen molar-refractivity contribution in [1.82, 2.24) is 4.98 Å². The minimum Gasteiger partial charge on any atom is -0.385 e. The Balaban J connectivity index is 2.16. The molecule has 0 radical (unpaired) electrons. The molecule has 3 rings (SSSR count). The number of rotatable bonds is 2. The fourth-order valence-electron chi connectivity index (χ4n) is 3.61. The third kappa shape index (κ3) is 2.04. The molecule has 2 aromatic rings. The van der Waals surface area contributed by atoms with E-state index in [0.29, 0.717) is 5.92 Å². The summed E-state index contributed by atoms with van der Waals surface area (Å²) in [6.45, 7) is 2.18. The molecule has 1 N–H and O–H groups in total. The molecule has 0 saturated heterocycles. The topological polar surface area (TPSA) is 33.1 Å². The van der Waals surface area contributed by atoms with Crippen LogP contribution in [0.4, 0.5) is 0 Å². The van der Waals surface area contributed by atoms with E-state index in [9.17, 15) is 5.11 Å². The van der Waals surface area contributed by atoms with Crippen molar-refractivity contribution in [2.75, 3.05) is 0 Å². The normalized spacial score (nSPS) is 27.6. The predicted molar refractivity (Wildman–Crippen MR) is 77.9 cm³/mol. The number of nitrogens with zero attached hydrogens (tertiary/aromatic N) is 1. The fraction of sp³-hybridized carbons (Fsp3) is 0.471. The average molecular weight is 255 g/mol. The fourth-order valence-corrected chi connectivity index (χ4v) is 3.61. The lowest BCUT2D eigenvalue weighted by Gasteiger charge is -2.40. The van der Waals surface area contributed by atoms with Crippen molar-refractivity contribution in [2.24, 2.45) is 5.92 Å². The standard InChI is InChI=1S/C17H21NO/c1-2-13-7-3-4-11-17(13,19)15-9-5-10-16-14(15)8-6-12-18-16/h5-6,8-10,12-13,19H,2-4,7,11H2,1H3. The highest BCUT2D eigenvalue weighted by Gasteiger charge is 2.40. The van der Waals surface area contributed by atoms with Gasteiger partial charge in [0.05, 0.1) is 11.1 Å². The van der Waals surface area contributed by atoms with Crippen LogP contribution in [0.25, 0.3) is 10.9 Å². The van der Waals surface area contributed by atoms with Gasteiger partial charge in [-0.15, -0.1) is 0 Å². The number of hydrogen-bond donors (Lipinski definition) is 1. The molecule has 1 saturated carbocycles. The second kappa shape index (κ2) is 4.93. The number of benzene rings is 1. The Bertz CT molecular complexity index is 575. The van der Waals surface area contributed by atoms with E-state index in [0.717, 1.165) is 42.1 Å². The second-order valence-electron chi connectivity index (χ2n) is 5.65. The molecule has 2 nitrogen and oxygen atoms in total. The molecule has 0 aliphatic heterocycles. The summed E-state index contributed by atoms with van der Waals surface area (Å²) in [5.74, 6) is 0.368. The van der Waals surface area contributed by atoms with Crippen LogP contribution in [0.2, 0.25) is 0 Å². The van der Waals surface area contributed by atoms with Crippen LogP contribution in [0.1, 0.15) is 44.6 Å². The zero-order chi connectivity index (χ0) is 13.3. The summed E-state index contributed by atoms with van der Waals surface area (Å²) in [4.78, 5) is 4.41. The van der Waals surface area contributed by atoms with Crippen molar-refractivity contribution in [3.05, 3.63) is 42.1 Å². The Hall–Kier alpha value is -1.41. The Morgan fingerprint density at radius 2 is 2.16 bits per heavy atom. The van der Waals surface area contributed by atoms with E-state index >= 15 is 0 Å². The molecule has 1 aliphatic carbocycles. The number of fused-ring (bicyclic) bond motifs is 1. The molecule has 2 unspecified atom stereocenters. The minimum absolute atomic E-state index is 0.368. The van der Waals surface area contributed by atoms with Crippen LogP contribution in [0.3, 0.4) is 0 Å². The molecule has 0 bridgehead atoms. The molecular weight excluding hydrogens is 234 g/mol. The first-order valence-electron chi connectivity index (χ1n) is 7.32. The van der Waals surface area contributed by atoms with Gasteiger partial charge in [-0.1, -0.05) is 44.4 Å². The van der Waals surface area contributed by atoms with Crippen LogP contribution >= 0.6 is 0 Å². The molecule has 1 aromatic heterocycles. The van der Waals surface area contributed by atoms with Gasteiger partial charge >= 0.3 is 0 Å². The SMILES string of the molecule is CCC1CCCCC1(O)c1cccc2ncccc12. The molecule has 100 valence electrons. The minimum atomic E-state index is -0.671. The summed E-state index contributed by atoms with van der Waals surface area (Å²) < 4.78 is 0. The summed E-state index contributed by atoms with van der Waals surface area (Å²) in [5.41, 5.74) is 1.38. The quantitative estimate of drug-likeness (QED) is 0.879. The van der Waals surface area contributed by atoms with Gasteiger partial charge in [-0.05, 0) is 36.5 Å². The first kappa shape index (κ1) is 12.6. The molecule has 19 heavy (non-hydrogen) atoms. The molecule has 0 spiro atoms. The first-order valence-corrected chi connectivity index (χ1v) is 7.32. The summed E-state index contributed by atoms with van der Waals surface area (Å²) in [6.07, 6.45) is 7.21. The second-order valence-corrected chi connectivity index (χ2v) is 5.65. The Kier molecular flexibility index (Phi) is 3.28. The van der Waals surface area contributed by atoms with Gasteiger partial charge in [-0.3, -0.25) is 4.98 Å². The predicted octanol–water partition coefficient (Wildman–Crippen LogP) is 4.02. The molecule has 2 atom stereocenters. The molecule has 1 aliphatic rings. The van der Waals surface area contributed by atoms with Crippen molar-refractivity contribution in [1.29, 1.82) is 0 Å². The zero-order valence-electron chi connectivity index (χ0n) is 11.5. The van der Waals surface area contributed by atoms with Gasteiger partial charge in [-0.2, -0.15) is 0 Å². The van der Waals surface area contributed by atoms with Gasteiger partial charge in [0.15, 0.2) is 0 Å². The Morgan fingerprint density at radius 1 is 1.26 bits per heavy atom. The van der Waals surface area contributed by atoms with Crippen molar-refractivity contribution in [2.45, 2.75) is 44.6 Å². The highest BCUT2D eigenvalue weighted by molar-refractivity contribution is 5.82. The van der Waals surface area contributed by atoms with Crippen LogP contribution in [0.5, 0.6) is 0 Å². The Labute approximate surface area is 114 Å². The molecule has 1 fully saturated rings. The van der Waals surface area contributed by atoms with E-state index in [2.05, 4.69) is 24.0 Å². The number of pyridine rings is 1. The van der Waals surface area contributed by atoms with E-state index < -0.39 is 5.60 Å². The maximum absolute atomic E-state index is 11.3. The maximum atomic E-state index is 11.3. The van der Waals surface area contributed by atoms with Crippen molar-refractivity contribution < 1.29 is 5.11 Å². The lowest BCUT2D eigenvalue weighted by Crippen LogP contribution is -2.37. The lowest BCUT2D eigenvalue weighted by atomic mass is 9.69. The maximum Gasteiger partial charge on any atom is 0.0931 e. The van der Waals surface area contributed by atoms with Gasteiger partial charge in [0.1, 0.15) is 0 Å². The molecule has 2 heteroatoms. The van der Waals surface area contributed by atoms with Gasteiger partial charge in [0.25, 0.3) is 0 Å². The lowest BCUT2D eigenvalue weighted by molar-refractivity contribution is -0.0545. The van der Waals surface area contributed by atoms with E-state index in [1.165, 1.54) is 6.42 Å². The monoisotopic (exact) mass is 255 g/mol. The van der Waals surface area contributed by atoms with Crippen LogP contribution in [-0.2, 0) is 5.60 Å². The van der Waals surface area contributed by atoms with Crippen molar-refractivity contribution >= 4 is 10.9 Å². The van der Waals surface area contributed by atoms with E-state index in [1.54, 1.807) is 0 Å². The molecule has 0 amide bonds. The first-order chi connectivity index (χ1) is 9.25. The number of aromatic nitrogens is 1. The largest absolute Gasteiger partial charge is 0.385 e. The van der Waals surface area contributed by atoms with Crippen molar-refractivity contribution in [3.8, 4) is 0 Å². The van der Waals surface area contributed by atoms with Gasteiger partial charge in [-0.25, -0.2) is 0 Å². The summed E-state index contributed by atoms with van der Waals surface area (Å²) in [5, 5.41) is 12.4. The zero-order valence-corrected chi connectivity index (χ0v) is 11.5. The third-order valence-corrected chi connectivity index (χ3v) is 4.64. The van der Waals surface area contributed by atoms with Gasteiger partial charge in [0.2, 0.25) is 0 Å². The smallest absolute Gasteiger partial charge is 0.0931 e. The average Bonchev–Trinajstić information content (AvgIpc) is 2.47. The van der Waals surface area contributed by atoms with Crippen LogP contribution in [0.15, 0.2) is 36.5 Å². The van der Waals surface area contributed by atoms with E-state index in [4.69, 9.17) is 0 Å². The number of aliphatic hydroxyl groups is 1. The third-order valence-electron chi connectivity index (χ3n) is 4.64. The van der Waals surface area contributed by atoms with Crippen LogP contribution < -0.4 is 0 Å². The number of hydrogen-bond acceptors (Lipinski definition) is 2. The highest BCUT2D eigenvalue weighted by atomic mass is 16.3. The van der Waals surface area contributed by atoms with E-state index in [-0.39, 0.29) is 0 Å². The van der Waals surface area contributed by atoms with Crippen LogP contribution in [0, 0.1) is 5.92 Å². The van der Waals surface area contributed by atoms with Gasteiger partial charge in [0, 0.05) is 11.6 Å². The molecular formula is C17H21NO.